The molecule has 1 heterocycles. The van der Waals surface area contributed by atoms with Crippen molar-refractivity contribution in [2.45, 2.75) is 6.42 Å². The maximum Gasteiger partial charge on any atom is 0.152 e. The Bertz CT molecular complexity index is 557. The first-order valence-corrected chi connectivity index (χ1v) is 6.43. The van der Waals surface area contributed by atoms with Gasteiger partial charge in [0.25, 0.3) is 0 Å². The zero-order chi connectivity index (χ0) is 13.7. The second-order valence-corrected chi connectivity index (χ2v) is 4.78. The van der Waals surface area contributed by atoms with Crippen molar-refractivity contribution in [1.82, 2.24) is 4.98 Å². The van der Waals surface area contributed by atoms with Gasteiger partial charge in [0, 0.05) is 42.3 Å². The molecule has 0 bridgehead atoms. The molecule has 0 aliphatic carbocycles. The van der Waals surface area contributed by atoms with E-state index in [1.165, 1.54) is 5.56 Å². The highest BCUT2D eigenvalue weighted by atomic mass is 35.5. The Kier molecular flexibility index (Phi) is 4.53. The van der Waals surface area contributed by atoms with Gasteiger partial charge in [-0.15, -0.1) is 0 Å². The second kappa shape index (κ2) is 6.34. The molecule has 0 N–H and O–H groups in total. The van der Waals surface area contributed by atoms with Gasteiger partial charge in [-0.2, -0.15) is 0 Å². The number of carbonyl (C=O) groups excluding carboxylic acids is 1. The van der Waals surface area contributed by atoms with Crippen molar-refractivity contribution in [1.29, 1.82) is 0 Å². The van der Waals surface area contributed by atoms with E-state index in [9.17, 15) is 4.79 Å². The molecule has 0 spiro atoms. The van der Waals surface area contributed by atoms with Crippen LogP contribution in [0.3, 0.4) is 0 Å². The summed E-state index contributed by atoms with van der Waals surface area (Å²) in [6.07, 6.45) is 5.32. The van der Waals surface area contributed by atoms with Crippen LogP contribution in [0.1, 0.15) is 15.9 Å². The molecule has 98 valence electrons. The fourth-order valence-corrected chi connectivity index (χ4v) is 2.08. The summed E-state index contributed by atoms with van der Waals surface area (Å²) in [5, 5.41) is 0.636. The molecular formula is C15H15ClN2O. The van der Waals surface area contributed by atoms with Gasteiger partial charge in [0.2, 0.25) is 0 Å². The van der Waals surface area contributed by atoms with Crippen LogP contribution in [0.5, 0.6) is 0 Å². The lowest BCUT2D eigenvalue weighted by atomic mass is 10.1. The minimum Gasteiger partial charge on any atom is -0.374 e. The average molecular weight is 275 g/mol. The molecule has 0 radical (unpaired) electrons. The summed E-state index contributed by atoms with van der Waals surface area (Å²) in [5.74, 6) is 0. The van der Waals surface area contributed by atoms with E-state index >= 15 is 0 Å². The molecule has 0 atom stereocenters. The molecule has 0 unspecified atom stereocenters. The van der Waals surface area contributed by atoms with E-state index in [-0.39, 0.29) is 0 Å². The van der Waals surface area contributed by atoms with Crippen LogP contribution in [0.4, 0.5) is 5.69 Å². The second-order valence-electron chi connectivity index (χ2n) is 4.35. The van der Waals surface area contributed by atoms with Crippen LogP contribution in [-0.4, -0.2) is 24.9 Å². The van der Waals surface area contributed by atoms with E-state index < -0.39 is 0 Å². The van der Waals surface area contributed by atoms with Gasteiger partial charge in [0.05, 0.1) is 0 Å². The minimum absolute atomic E-state index is 0.636. The lowest BCUT2D eigenvalue weighted by molar-refractivity contribution is 0.112. The Morgan fingerprint density at radius 2 is 2.00 bits per heavy atom. The number of hydrogen-bond donors (Lipinski definition) is 0. The third kappa shape index (κ3) is 3.55. The van der Waals surface area contributed by atoms with Crippen LogP contribution in [-0.2, 0) is 6.42 Å². The quantitative estimate of drug-likeness (QED) is 0.785. The van der Waals surface area contributed by atoms with Crippen molar-refractivity contribution in [2.75, 3.05) is 18.5 Å². The number of hydrogen-bond acceptors (Lipinski definition) is 3. The third-order valence-corrected chi connectivity index (χ3v) is 3.25. The van der Waals surface area contributed by atoms with Crippen LogP contribution in [0.25, 0.3) is 0 Å². The van der Waals surface area contributed by atoms with Crippen molar-refractivity contribution < 1.29 is 4.79 Å². The summed E-state index contributed by atoms with van der Waals surface area (Å²) < 4.78 is 0. The minimum atomic E-state index is 0.636. The van der Waals surface area contributed by atoms with E-state index in [0.29, 0.717) is 10.6 Å². The zero-order valence-electron chi connectivity index (χ0n) is 10.7. The van der Waals surface area contributed by atoms with E-state index in [0.717, 1.165) is 24.9 Å². The fourth-order valence-electron chi connectivity index (χ4n) is 1.91. The molecule has 0 aliphatic rings. The molecule has 3 nitrogen and oxygen atoms in total. The SMILES string of the molecule is CN(CCc1ccncc1)c1cc(Cl)ccc1C=O. The molecule has 0 saturated heterocycles. The molecule has 4 heteroatoms. The summed E-state index contributed by atoms with van der Waals surface area (Å²) >= 11 is 5.98. The van der Waals surface area contributed by atoms with Crippen LogP contribution in [0.2, 0.25) is 5.02 Å². The number of benzene rings is 1. The molecule has 19 heavy (non-hydrogen) atoms. The Hall–Kier alpha value is -1.87. The van der Waals surface area contributed by atoms with Gasteiger partial charge in [0.15, 0.2) is 6.29 Å². The van der Waals surface area contributed by atoms with Crippen LogP contribution in [0.15, 0.2) is 42.7 Å². The predicted octanol–water partition coefficient (Wildman–Crippen LogP) is 3.23. The summed E-state index contributed by atoms with van der Waals surface area (Å²) in [7, 11) is 1.96. The van der Waals surface area contributed by atoms with Gasteiger partial charge < -0.3 is 4.90 Å². The first kappa shape index (κ1) is 13.6. The number of aldehydes is 1. The largest absolute Gasteiger partial charge is 0.374 e. The number of halogens is 1. The molecule has 1 aromatic heterocycles. The number of carbonyl (C=O) groups is 1. The first-order chi connectivity index (χ1) is 9.20. The van der Waals surface area contributed by atoms with Crippen molar-refractivity contribution in [3.63, 3.8) is 0 Å². The maximum absolute atomic E-state index is 11.0. The number of anilines is 1. The van der Waals surface area contributed by atoms with Gasteiger partial charge in [0.1, 0.15) is 0 Å². The van der Waals surface area contributed by atoms with E-state index in [4.69, 9.17) is 11.6 Å². The summed E-state index contributed by atoms with van der Waals surface area (Å²) in [5.41, 5.74) is 2.73. The van der Waals surface area contributed by atoms with E-state index in [2.05, 4.69) is 4.98 Å². The Morgan fingerprint density at radius 1 is 1.26 bits per heavy atom. The van der Waals surface area contributed by atoms with Crippen molar-refractivity contribution in [3.8, 4) is 0 Å². The normalized spacial score (nSPS) is 10.2. The van der Waals surface area contributed by atoms with E-state index in [1.807, 2.05) is 30.1 Å². The molecule has 0 amide bonds. The summed E-state index contributed by atoms with van der Waals surface area (Å²) in [6.45, 7) is 0.811. The Balaban J connectivity index is 2.09. The maximum atomic E-state index is 11.0. The molecular weight excluding hydrogens is 260 g/mol. The van der Waals surface area contributed by atoms with E-state index in [1.54, 1.807) is 24.5 Å². The number of aromatic nitrogens is 1. The summed E-state index contributed by atoms with van der Waals surface area (Å²) in [6, 6.07) is 9.27. The highest BCUT2D eigenvalue weighted by Gasteiger charge is 2.08. The highest BCUT2D eigenvalue weighted by Crippen LogP contribution is 2.23. The van der Waals surface area contributed by atoms with Crippen LogP contribution < -0.4 is 4.90 Å². The molecule has 0 aliphatic heterocycles. The summed E-state index contributed by atoms with van der Waals surface area (Å²) in [4.78, 5) is 17.1. The van der Waals surface area contributed by atoms with Crippen molar-refractivity contribution >= 4 is 23.6 Å². The smallest absolute Gasteiger partial charge is 0.152 e. The zero-order valence-corrected chi connectivity index (χ0v) is 11.5. The van der Waals surface area contributed by atoms with Gasteiger partial charge in [-0.25, -0.2) is 0 Å². The van der Waals surface area contributed by atoms with Gasteiger partial charge >= 0.3 is 0 Å². The fraction of sp³-hybridized carbons (Fsp3) is 0.200. The Morgan fingerprint density at radius 3 is 2.68 bits per heavy atom. The van der Waals surface area contributed by atoms with Crippen molar-refractivity contribution in [2.24, 2.45) is 0 Å². The van der Waals surface area contributed by atoms with Crippen molar-refractivity contribution in [3.05, 3.63) is 58.9 Å². The first-order valence-electron chi connectivity index (χ1n) is 6.05. The molecule has 1 aromatic carbocycles. The van der Waals surface area contributed by atoms with Gasteiger partial charge in [-0.05, 0) is 42.3 Å². The number of nitrogens with zero attached hydrogens (tertiary/aromatic N) is 2. The number of rotatable bonds is 5. The molecule has 2 aromatic rings. The highest BCUT2D eigenvalue weighted by molar-refractivity contribution is 6.31. The number of pyridine rings is 1. The van der Waals surface area contributed by atoms with Crippen LogP contribution >= 0.6 is 11.6 Å². The van der Waals surface area contributed by atoms with Gasteiger partial charge in [-0.1, -0.05) is 11.6 Å². The lowest BCUT2D eigenvalue weighted by Gasteiger charge is -2.21. The lowest BCUT2D eigenvalue weighted by Crippen LogP contribution is -2.21. The monoisotopic (exact) mass is 274 g/mol. The third-order valence-electron chi connectivity index (χ3n) is 3.02. The van der Waals surface area contributed by atoms with Gasteiger partial charge in [-0.3, -0.25) is 9.78 Å². The average Bonchev–Trinajstić information content (AvgIpc) is 2.46. The Labute approximate surface area is 117 Å². The standard InChI is InChI=1S/C15H15ClN2O/c1-18(9-6-12-4-7-17-8-5-12)15-10-14(16)3-2-13(15)11-19/h2-5,7-8,10-11H,6,9H2,1H3. The van der Waals surface area contributed by atoms with Crippen LogP contribution in [0, 0.1) is 0 Å². The topological polar surface area (TPSA) is 33.2 Å². The number of likely N-dealkylation sites (N-methyl/N-ethyl adjacent to an activating group) is 1. The molecule has 0 saturated carbocycles. The molecule has 2 rings (SSSR count). The molecule has 0 fully saturated rings. The predicted molar refractivity (Wildman–Crippen MR) is 78.1 cm³/mol.